The van der Waals surface area contributed by atoms with Crippen LogP contribution in [0.3, 0.4) is 0 Å². The fourth-order valence-corrected chi connectivity index (χ4v) is 3.71. The summed E-state index contributed by atoms with van der Waals surface area (Å²) in [6.45, 7) is 6.43. The van der Waals surface area contributed by atoms with Gasteiger partial charge in [0, 0.05) is 24.2 Å². The van der Waals surface area contributed by atoms with E-state index in [0.717, 1.165) is 12.3 Å². The summed E-state index contributed by atoms with van der Waals surface area (Å²) in [5, 5.41) is 0. The van der Waals surface area contributed by atoms with Gasteiger partial charge in [0.25, 0.3) is 0 Å². The molecular formula is C17H27NO2. The van der Waals surface area contributed by atoms with Gasteiger partial charge in [0.15, 0.2) is 5.88 Å². The summed E-state index contributed by atoms with van der Waals surface area (Å²) in [5.41, 5.74) is 4.44. The van der Waals surface area contributed by atoms with Crippen LogP contribution in [-0.2, 0) is 24.6 Å². The molecule has 0 saturated heterocycles. The third-order valence-electron chi connectivity index (χ3n) is 4.48. The Balaban J connectivity index is 1.89. The van der Waals surface area contributed by atoms with E-state index in [1.807, 2.05) is 0 Å². The quantitative estimate of drug-likeness (QED) is 0.843. The Morgan fingerprint density at radius 2 is 1.75 bits per heavy atom. The van der Waals surface area contributed by atoms with Crippen molar-refractivity contribution in [3.8, 4) is 5.88 Å². The Morgan fingerprint density at radius 1 is 1.10 bits per heavy atom. The summed E-state index contributed by atoms with van der Waals surface area (Å²) in [4.78, 5) is 0. The number of aromatic nitrogens is 1. The Labute approximate surface area is 122 Å². The monoisotopic (exact) mass is 277 g/mol. The summed E-state index contributed by atoms with van der Waals surface area (Å²) < 4.78 is 14.1. The maximum atomic E-state index is 6.15. The van der Waals surface area contributed by atoms with Crippen molar-refractivity contribution in [2.45, 2.75) is 70.5 Å². The molecule has 0 aliphatic heterocycles. The third kappa shape index (κ3) is 2.37. The Kier molecular flexibility index (Phi) is 3.36. The fraction of sp³-hybridized carbons (Fsp3) is 0.765. The number of ether oxygens (including phenoxy) is 2. The number of methoxy groups -OCH3 is 1. The van der Waals surface area contributed by atoms with Gasteiger partial charge in [-0.3, -0.25) is 0 Å². The van der Waals surface area contributed by atoms with Crippen molar-refractivity contribution in [2.75, 3.05) is 7.11 Å². The molecule has 1 saturated carbocycles. The van der Waals surface area contributed by atoms with Gasteiger partial charge in [-0.05, 0) is 58.4 Å². The zero-order chi connectivity index (χ0) is 14.5. The molecule has 1 aromatic rings. The number of fused-ring (bicyclic) bond motifs is 1. The summed E-state index contributed by atoms with van der Waals surface area (Å²) in [6.07, 6.45) is 6.53. The highest BCUT2D eigenvalue weighted by molar-refractivity contribution is 5.47. The first-order valence-corrected chi connectivity index (χ1v) is 7.84. The largest absolute Gasteiger partial charge is 0.482 e. The zero-order valence-corrected chi connectivity index (χ0v) is 13.5. The molecule has 0 radical (unpaired) electrons. The average molecular weight is 277 g/mol. The molecule has 0 spiro atoms. The van der Waals surface area contributed by atoms with Gasteiger partial charge in [-0.2, -0.15) is 0 Å². The van der Waals surface area contributed by atoms with E-state index in [1.165, 1.54) is 36.9 Å². The zero-order valence-electron chi connectivity index (χ0n) is 13.5. The number of nitrogens with zero attached hydrogens (tertiary/aromatic N) is 1. The minimum Gasteiger partial charge on any atom is -0.482 e. The highest BCUT2D eigenvalue weighted by Crippen LogP contribution is 2.50. The first-order valence-electron chi connectivity index (χ1n) is 7.84. The minimum atomic E-state index is -0.0469. The Hall–Kier alpha value is -0.960. The van der Waals surface area contributed by atoms with Crippen molar-refractivity contribution >= 4 is 0 Å². The number of hydrogen-bond acceptors (Lipinski definition) is 2. The van der Waals surface area contributed by atoms with Gasteiger partial charge in [-0.15, -0.1) is 0 Å². The first-order chi connectivity index (χ1) is 9.42. The van der Waals surface area contributed by atoms with Crippen LogP contribution >= 0.6 is 0 Å². The molecule has 112 valence electrons. The Bertz CT molecular complexity index is 510. The van der Waals surface area contributed by atoms with Crippen LogP contribution in [0.25, 0.3) is 0 Å². The number of hydrogen-bond donors (Lipinski definition) is 0. The van der Waals surface area contributed by atoms with Crippen molar-refractivity contribution < 1.29 is 9.47 Å². The molecule has 1 fully saturated rings. The second-order valence-electron chi connectivity index (χ2n) is 7.23. The third-order valence-corrected chi connectivity index (χ3v) is 4.48. The van der Waals surface area contributed by atoms with Crippen LogP contribution in [0, 0.1) is 0 Å². The van der Waals surface area contributed by atoms with Gasteiger partial charge >= 0.3 is 0 Å². The lowest BCUT2D eigenvalue weighted by atomic mass is 9.92. The van der Waals surface area contributed by atoms with Crippen LogP contribution < -0.4 is 4.74 Å². The van der Waals surface area contributed by atoms with Gasteiger partial charge in [-0.25, -0.2) is 0 Å². The van der Waals surface area contributed by atoms with Crippen molar-refractivity contribution in [3.05, 3.63) is 16.8 Å². The van der Waals surface area contributed by atoms with E-state index in [9.17, 15) is 0 Å². The molecule has 3 heteroatoms. The van der Waals surface area contributed by atoms with Crippen molar-refractivity contribution in [2.24, 2.45) is 7.05 Å². The van der Waals surface area contributed by atoms with E-state index in [4.69, 9.17) is 9.47 Å². The fourth-order valence-electron chi connectivity index (χ4n) is 3.71. The predicted octanol–water partition coefficient (Wildman–Crippen LogP) is 3.58. The van der Waals surface area contributed by atoms with Crippen molar-refractivity contribution in [1.82, 2.24) is 4.57 Å². The van der Waals surface area contributed by atoms with E-state index in [1.54, 1.807) is 12.7 Å². The van der Waals surface area contributed by atoms with Gasteiger partial charge < -0.3 is 14.0 Å². The molecular weight excluding hydrogens is 250 g/mol. The molecule has 0 amide bonds. The molecule has 1 aromatic heterocycles. The standard InChI is InChI=1S/C17H27NO2/c1-17(2,3)20-14-10-13(14)15-11-8-6-7-9-12(11)16(19-5)18(15)4/h13-14H,6-10H2,1-5H3/t13-,14-/m1/s1. The lowest BCUT2D eigenvalue weighted by Crippen LogP contribution is -2.21. The molecule has 2 aliphatic carbocycles. The lowest BCUT2D eigenvalue weighted by molar-refractivity contribution is -0.0179. The summed E-state index contributed by atoms with van der Waals surface area (Å²) >= 11 is 0. The highest BCUT2D eigenvalue weighted by Gasteiger charge is 2.46. The van der Waals surface area contributed by atoms with Crippen LogP contribution in [0.2, 0.25) is 0 Å². The number of rotatable bonds is 3. The van der Waals surface area contributed by atoms with Gasteiger partial charge in [-0.1, -0.05) is 0 Å². The van der Waals surface area contributed by atoms with E-state index in [-0.39, 0.29) is 5.60 Å². The van der Waals surface area contributed by atoms with Crippen LogP contribution in [0.5, 0.6) is 5.88 Å². The van der Waals surface area contributed by atoms with Crippen LogP contribution in [0.1, 0.15) is 62.8 Å². The maximum Gasteiger partial charge on any atom is 0.196 e. The molecule has 2 aliphatic rings. The minimum absolute atomic E-state index is 0.0469. The molecule has 0 bridgehead atoms. The van der Waals surface area contributed by atoms with Crippen molar-refractivity contribution in [1.29, 1.82) is 0 Å². The predicted molar refractivity (Wildman–Crippen MR) is 80.6 cm³/mol. The molecule has 0 aromatic carbocycles. The van der Waals surface area contributed by atoms with Gasteiger partial charge in [0.1, 0.15) is 0 Å². The lowest BCUT2D eigenvalue weighted by Gasteiger charge is -2.20. The maximum absolute atomic E-state index is 6.15. The molecule has 1 heterocycles. The van der Waals surface area contributed by atoms with Crippen LogP contribution in [0.4, 0.5) is 0 Å². The van der Waals surface area contributed by atoms with Gasteiger partial charge in [0.2, 0.25) is 0 Å². The van der Waals surface area contributed by atoms with Crippen LogP contribution in [0.15, 0.2) is 0 Å². The van der Waals surface area contributed by atoms with E-state index in [2.05, 4.69) is 32.4 Å². The SMILES string of the molecule is COc1c2c(c([C@@H]3C[C@H]3OC(C)(C)C)n1C)CCCC2. The molecule has 0 unspecified atom stereocenters. The van der Waals surface area contributed by atoms with Crippen LogP contribution in [-0.4, -0.2) is 23.4 Å². The first kappa shape index (κ1) is 14.0. The molecule has 0 N–H and O–H groups in total. The van der Waals surface area contributed by atoms with E-state index in [0.29, 0.717) is 12.0 Å². The molecule has 3 rings (SSSR count). The smallest absolute Gasteiger partial charge is 0.196 e. The van der Waals surface area contributed by atoms with Crippen molar-refractivity contribution in [3.63, 3.8) is 0 Å². The highest BCUT2D eigenvalue weighted by atomic mass is 16.5. The average Bonchev–Trinajstić information content (AvgIpc) is 3.02. The second kappa shape index (κ2) is 4.80. The normalized spacial score (nSPS) is 25.4. The van der Waals surface area contributed by atoms with Gasteiger partial charge in [0.05, 0.1) is 18.8 Å². The summed E-state index contributed by atoms with van der Waals surface area (Å²) in [7, 11) is 3.95. The van der Waals surface area contributed by atoms with E-state index >= 15 is 0 Å². The molecule has 20 heavy (non-hydrogen) atoms. The molecule has 3 nitrogen and oxygen atoms in total. The molecule has 2 atom stereocenters. The Morgan fingerprint density at radius 3 is 2.35 bits per heavy atom. The topological polar surface area (TPSA) is 23.4 Å². The summed E-state index contributed by atoms with van der Waals surface area (Å²) in [5.74, 6) is 1.64. The van der Waals surface area contributed by atoms with E-state index < -0.39 is 0 Å². The second-order valence-corrected chi connectivity index (χ2v) is 7.23. The summed E-state index contributed by atoms with van der Waals surface area (Å²) in [6, 6.07) is 0.